The summed E-state index contributed by atoms with van der Waals surface area (Å²) in [7, 11) is 0. The van der Waals surface area contributed by atoms with Crippen molar-refractivity contribution in [3.63, 3.8) is 0 Å². The molecule has 0 saturated carbocycles. The second kappa shape index (κ2) is 5.25. The Hall–Kier alpha value is -0.160. The number of nitrogens with one attached hydrogen (secondary N) is 1. The lowest BCUT2D eigenvalue weighted by atomic mass is 10.1. The first-order valence-corrected chi connectivity index (χ1v) is 6.05. The van der Waals surface area contributed by atoms with Gasteiger partial charge in [0, 0.05) is 38.8 Å². The molecule has 88 valence electrons. The summed E-state index contributed by atoms with van der Waals surface area (Å²) < 4.78 is 5.70. The highest BCUT2D eigenvalue weighted by Crippen LogP contribution is 2.19. The average Bonchev–Trinajstić information content (AvgIpc) is 2.56. The summed E-state index contributed by atoms with van der Waals surface area (Å²) in [6.45, 7) is 6.71. The lowest BCUT2D eigenvalue weighted by Gasteiger charge is -2.43. The molecule has 2 N–H and O–H groups in total. The topological polar surface area (TPSA) is 44.7 Å². The Labute approximate surface area is 91.6 Å². The van der Waals surface area contributed by atoms with E-state index in [2.05, 4.69) is 17.1 Å². The molecule has 0 spiro atoms. The first-order chi connectivity index (χ1) is 7.31. The smallest absolute Gasteiger partial charge is 0.0831 e. The molecule has 15 heavy (non-hydrogen) atoms. The second-order valence-electron chi connectivity index (χ2n) is 4.59. The Morgan fingerprint density at radius 2 is 2.20 bits per heavy atom. The number of ether oxygens (including phenoxy) is 1. The molecule has 0 unspecified atom stereocenters. The van der Waals surface area contributed by atoms with Gasteiger partial charge in [0.15, 0.2) is 0 Å². The van der Waals surface area contributed by atoms with E-state index in [0.29, 0.717) is 12.1 Å². The number of aliphatic hydroxyl groups is 1. The maximum atomic E-state index is 9.68. The van der Waals surface area contributed by atoms with Crippen LogP contribution in [0.2, 0.25) is 0 Å². The minimum absolute atomic E-state index is 0.193. The van der Waals surface area contributed by atoms with Crippen LogP contribution < -0.4 is 5.32 Å². The number of hydrogen-bond acceptors (Lipinski definition) is 4. The molecule has 2 saturated heterocycles. The molecule has 0 bridgehead atoms. The third-order valence-electron chi connectivity index (χ3n) is 3.35. The summed E-state index contributed by atoms with van der Waals surface area (Å²) in [5.41, 5.74) is 0. The third-order valence-corrected chi connectivity index (χ3v) is 3.35. The van der Waals surface area contributed by atoms with Gasteiger partial charge in [-0.05, 0) is 6.42 Å². The van der Waals surface area contributed by atoms with Crippen molar-refractivity contribution >= 4 is 0 Å². The van der Waals surface area contributed by atoms with Crippen molar-refractivity contribution in [2.24, 2.45) is 0 Å². The molecule has 2 aliphatic heterocycles. The second-order valence-corrected chi connectivity index (χ2v) is 4.59. The van der Waals surface area contributed by atoms with Crippen LogP contribution in [-0.2, 0) is 4.74 Å². The maximum Gasteiger partial charge on any atom is 0.0831 e. The van der Waals surface area contributed by atoms with E-state index in [0.717, 1.165) is 39.2 Å². The van der Waals surface area contributed by atoms with E-state index in [1.54, 1.807) is 0 Å². The zero-order valence-corrected chi connectivity index (χ0v) is 9.48. The number of nitrogens with zero attached hydrogens (tertiary/aromatic N) is 1. The van der Waals surface area contributed by atoms with Gasteiger partial charge in [0.05, 0.1) is 12.2 Å². The fraction of sp³-hybridized carbons (Fsp3) is 1.00. The summed E-state index contributed by atoms with van der Waals surface area (Å²) in [6.07, 6.45) is 2.57. The summed E-state index contributed by atoms with van der Waals surface area (Å²) in [6, 6.07) is 0.316. The van der Waals surface area contributed by atoms with E-state index in [-0.39, 0.29) is 6.10 Å². The van der Waals surface area contributed by atoms with Crippen LogP contribution in [0.4, 0.5) is 0 Å². The first kappa shape index (κ1) is 11.3. The standard InChI is InChI=1S/C11H22N2O2/c1-2-3-4-15-9-7-13(8-9)10-5-12-6-11(10)14/h9-12,14H,2-8H2,1H3/t10-,11-/m1/s1. The van der Waals surface area contributed by atoms with Gasteiger partial charge in [0.2, 0.25) is 0 Å². The molecular weight excluding hydrogens is 192 g/mol. The van der Waals surface area contributed by atoms with Crippen molar-refractivity contribution in [1.29, 1.82) is 0 Å². The zero-order valence-electron chi connectivity index (χ0n) is 9.48. The van der Waals surface area contributed by atoms with Crippen LogP contribution in [0.25, 0.3) is 0 Å². The molecule has 0 radical (unpaired) electrons. The fourth-order valence-corrected chi connectivity index (χ4v) is 2.26. The van der Waals surface area contributed by atoms with Crippen molar-refractivity contribution < 1.29 is 9.84 Å². The van der Waals surface area contributed by atoms with Gasteiger partial charge in [-0.2, -0.15) is 0 Å². The predicted molar refractivity (Wildman–Crippen MR) is 58.9 cm³/mol. The number of hydrogen-bond donors (Lipinski definition) is 2. The number of unbranched alkanes of at least 4 members (excludes halogenated alkanes) is 1. The minimum Gasteiger partial charge on any atom is -0.390 e. The van der Waals surface area contributed by atoms with E-state index in [1.165, 1.54) is 6.42 Å². The minimum atomic E-state index is -0.193. The van der Waals surface area contributed by atoms with E-state index >= 15 is 0 Å². The van der Waals surface area contributed by atoms with Crippen molar-refractivity contribution in [1.82, 2.24) is 10.2 Å². The van der Waals surface area contributed by atoms with Gasteiger partial charge in [-0.15, -0.1) is 0 Å². The molecule has 2 atom stereocenters. The van der Waals surface area contributed by atoms with Gasteiger partial charge in [-0.3, -0.25) is 4.90 Å². The lowest BCUT2D eigenvalue weighted by molar-refractivity contribution is -0.0841. The van der Waals surface area contributed by atoms with Crippen LogP contribution in [0.3, 0.4) is 0 Å². The van der Waals surface area contributed by atoms with E-state index in [1.807, 2.05) is 0 Å². The van der Waals surface area contributed by atoms with Crippen LogP contribution >= 0.6 is 0 Å². The van der Waals surface area contributed by atoms with Crippen LogP contribution in [0, 0.1) is 0 Å². The zero-order chi connectivity index (χ0) is 10.7. The van der Waals surface area contributed by atoms with Crippen molar-refractivity contribution in [2.75, 3.05) is 32.8 Å². The van der Waals surface area contributed by atoms with Gasteiger partial charge in [-0.1, -0.05) is 13.3 Å². The molecule has 4 heteroatoms. The Bertz CT molecular complexity index is 195. The Kier molecular flexibility index (Phi) is 3.97. The van der Waals surface area contributed by atoms with Crippen LogP contribution in [0.5, 0.6) is 0 Å². The van der Waals surface area contributed by atoms with Gasteiger partial charge in [0.25, 0.3) is 0 Å². The van der Waals surface area contributed by atoms with Crippen molar-refractivity contribution in [2.45, 2.75) is 38.0 Å². The van der Waals surface area contributed by atoms with Gasteiger partial charge >= 0.3 is 0 Å². The van der Waals surface area contributed by atoms with Crippen LogP contribution in [-0.4, -0.2) is 61.0 Å². The molecule has 2 heterocycles. The van der Waals surface area contributed by atoms with E-state index < -0.39 is 0 Å². The van der Waals surface area contributed by atoms with E-state index in [4.69, 9.17) is 4.74 Å². The maximum absolute atomic E-state index is 9.68. The lowest BCUT2D eigenvalue weighted by Crippen LogP contribution is -2.59. The average molecular weight is 214 g/mol. The highest BCUT2D eigenvalue weighted by Gasteiger charge is 2.38. The van der Waals surface area contributed by atoms with Gasteiger partial charge in [0.1, 0.15) is 0 Å². The largest absolute Gasteiger partial charge is 0.390 e. The SMILES string of the molecule is CCCCOC1CN([C@@H]2CNC[C@H]2O)C1. The van der Waals surface area contributed by atoms with Gasteiger partial charge in [-0.25, -0.2) is 0 Å². The molecule has 0 aromatic rings. The number of aliphatic hydroxyl groups excluding tert-OH is 1. The Morgan fingerprint density at radius 1 is 1.40 bits per heavy atom. The highest BCUT2D eigenvalue weighted by molar-refractivity contribution is 4.95. The molecule has 2 rings (SSSR count). The third kappa shape index (κ3) is 2.69. The Morgan fingerprint density at radius 3 is 2.80 bits per heavy atom. The Balaban J connectivity index is 1.61. The molecule has 2 aliphatic rings. The molecule has 0 aromatic heterocycles. The normalized spacial score (nSPS) is 33.2. The number of likely N-dealkylation sites (tertiary alicyclic amines) is 1. The molecule has 4 nitrogen and oxygen atoms in total. The van der Waals surface area contributed by atoms with Gasteiger partial charge < -0.3 is 15.2 Å². The predicted octanol–water partition coefficient (Wildman–Crippen LogP) is -0.180. The van der Waals surface area contributed by atoms with Crippen molar-refractivity contribution in [3.8, 4) is 0 Å². The molecule has 2 fully saturated rings. The highest BCUT2D eigenvalue weighted by atomic mass is 16.5. The molecular formula is C11H22N2O2. The van der Waals surface area contributed by atoms with Crippen molar-refractivity contribution in [3.05, 3.63) is 0 Å². The first-order valence-electron chi connectivity index (χ1n) is 6.05. The molecule has 0 aromatic carbocycles. The van der Waals surface area contributed by atoms with E-state index in [9.17, 15) is 5.11 Å². The quantitative estimate of drug-likeness (QED) is 0.623. The summed E-state index contributed by atoms with van der Waals surface area (Å²) in [5.74, 6) is 0. The fourth-order valence-electron chi connectivity index (χ4n) is 2.26. The monoisotopic (exact) mass is 214 g/mol. The molecule has 0 amide bonds. The summed E-state index contributed by atoms with van der Waals surface area (Å²) >= 11 is 0. The van der Waals surface area contributed by atoms with Crippen LogP contribution in [0.15, 0.2) is 0 Å². The molecule has 0 aliphatic carbocycles. The number of rotatable bonds is 5. The summed E-state index contributed by atoms with van der Waals surface area (Å²) in [5, 5.41) is 12.9. The van der Waals surface area contributed by atoms with Crippen LogP contribution in [0.1, 0.15) is 19.8 Å². The number of β-amino-alcohol motifs (C(OH)–C–C–N with tert-alkyl or cyclic N) is 1. The summed E-state index contributed by atoms with van der Waals surface area (Å²) in [4.78, 5) is 2.32.